The molecule has 6 rings (SSSR count). The van der Waals surface area contributed by atoms with Crippen LogP contribution in [0.1, 0.15) is 25.7 Å². The molecule has 9 heteroatoms. The van der Waals surface area contributed by atoms with Gasteiger partial charge in [0, 0.05) is 41.8 Å². The number of hydrogen-bond acceptors (Lipinski definition) is 7. The third kappa shape index (κ3) is 5.03. The summed E-state index contributed by atoms with van der Waals surface area (Å²) in [5, 5.41) is 14.5. The topological polar surface area (TPSA) is 108 Å². The zero-order valence-electron chi connectivity index (χ0n) is 19.3. The number of carbonyl (C=O) groups is 1. The Hall–Kier alpha value is -4.14. The highest BCUT2D eigenvalue weighted by molar-refractivity contribution is 5.83. The molecule has 178 valence electrons. The van der Waals surface area contributed by atoms with Crippen molar-refractivity contribution in [3.8, 4) is 17.0 Å². The maximum absolute atomic E-state index is 12.0. The van der Waals surface area contributed by atoms with Gasteiger partial charge in [0.05, 0.1) is 17.4 Å². The van der Waals surface area contributed by atoms with Gasteiger partial charge in [0.1, 0.15) is 11.6 Å². The Morgan fingerprint density at radius 3 is 2.83 bits per heavy atom. The summed E-state index contributed by atoms with van der Waals surface area (Å²) in [6.07, 6.45) is 6.19. The first-order valence-corrected chi connectivity index (χ1v) is 12.1. The third-order valence-electron chi connectivity index (χ3n) is 6.26. The molecule has 9 nitrogen and oxygen atoms in total. The molecule has 2 aromatic carbocycles. The van der Waals surface area contributed by atoms with Gasteiger partial charge in [-0.25, -0.2) is 4.98 Å². The summed E-state index contributed by atoms with van der Waals surface area (Å²) in [7, 11) is 0. The maximum atomic E-state index is 12.0. The Balaban J connectivity index is 1.27. The van der Waals surface area contributed by atoms with Gasteiger partial charge in [-0.3, -0.25) is 9.89 Å². The van der Waals surface area contributed by atoms with Gasteiger partial charge in [-0.05, 0) is 56.0 Å². The standard InChI is InChI=1S/C26H27N7O2/c34-25(29-19-6-7-19)16-35-21-5-3-4-17(13-21)23-14-24(31-26(30-23)33-10-1-2-11-33)28-20-8-9-22-18(12-20)15-27-32-22/h3-5,8-9,12-15,19H,1-2,6-7,10-11,16H2,(H,27,32)(H,29,34)(H,28,30,31). The van der Waals surface area contributed by atoms with E-state index in [1.807, 2.05) is 48.5 Å². The Labute approximate surface area is 202 Å². The molecule has 0 spiro atoms. The molecule has 3 heterocycles. The van der Waals surface area contributed by atoms with Crippen molar-refractivity contribution in [2.75, 3.05) is 29.9 Å². The van der Waals surface area contributed by atoms with E-state index in [4.69, 9.17) is 14.7 Å². The van der Waals surface area contributed by atoms with Crippen LogP contribution in [0.4, 0.5) is 17.5 Å². The molecule has 1 saturated carbocycles. The van der Waals surface area contributed by atoms with Crippen LogP contribution in [0.2, 0.25) is 0 Å². The molecule has 1 saturated heterocycles. The largest absolute Gasteiger partial charge is 0.484 e. The molecule has 1 aliphatic carbocycles. The van der Waals surface area contributed by atoms with E-state index in [9.17, 15) is 4.79 Å². The number of anilines is 3. The zero-order valence-corrected chi connectivity index (χ0v) is 19.3. The molecule has 0 bridgehead atoms. The number of rotatable bonds is 8. The highest BCUT2D eigenvalue weighted by Gasteiger charge is 2.23. The van der Waals surface area contributed by atoms with Crippen LogP contribution in [0.15, 0.2) is 54.7 Å². The first-order valence-electron chi connectivity index (χ1n) is 12.1. The smallest absolute Gasteiger partial charge is 0.258 e. The highest BCUT2D eigenvalue weighted by atomic mass is 16.5. The molecule has 2 fully saturated rings. The summed E-state index contributed by atoms with van der Waals surface area (Å²) >= 11 is 0. The van der Waals surface area contributed by atoms with Gasteiger partial charge in [-0.1, -0.05) is 12.1 Å². The summed E-state index contributed by atoms with van der Waals surface area (Å²) < 4.78 is 5.76. The number of aromatic amines is 1. The van der Waals surface area contributed by atoms with Gasteiger partial charge in [0.2, 0.25) is 5.95 Å². The van der Waals surface area contributed by atoms with Crippen molar-refractivity contribution in [1.82, 2.24) is 25.5 Å². The Bertz CT molecular complexity index is 1360. The molecule has 0 unspecified atom stereocenters. The van der Waals surface area contributed by atoms with Crippen LogP contribution in [-0.2, 0) is 4.79 Å². The van der Waals surface area contributed by atoms with E-state index in [1.165, 1.54) is 0 Å². The van der Waals surface area contributed by atoms with Crippen LogP contribution in [-0.4, -0.2) is 51.8 Å². The van der Waals surface area contributed by atoms with Crippen molar-refractivity contribution in [3.05, 3.63) is 54.7 Å². The lowest BCUT2D eigenvalue weighted by Crippen LogP contribution is -2.30. The lowest BCUT2D eigenvalue weighted by molar-refractivity contribution is -0.123. The summed E-state index contributed by atoms with van der Waals surface area (Å²) in [5.41, 5.74) is 3.61. The average Bonchev–Trinajstić information content (AvgIpc) is 3.32. The molecule has 3 N–H and O–H groups in total. The average molecular weight is 470 g/mol. The molecule has 1 aliphatic heterocycles. The summed E-state index contributed by atoms with van der Waals surface area (Å²) in [5.74, 6) is 1.98. The van der Waals surface area contributed by atoms with Crippen molar-refractivity contribution < 1.29 is 9.53 Å². The summed E-state index contributed by atoms with van der Waals surface area (Å²) in [4.78, 5) is 23.9. The van der Waals surface area contributed by atoms with E-state index in [-0.39, 0.29) is 12.5 Å². The minimum Gasteiger partial charge on any atom is -0.484 e. The second-order valence-electron chi connectivity index (χ2n) is 9.09. The van der Waals surface area contributed by atoms with Gasteiger partial charge in [0.15, 0.2) is 6.61 Å². The predicted molar refractivity (Wildman–Crippen MR) is 135 cm³/mol. The van der Waals surface area contributed by atoms with Crippen LogP contribution >= 0.6 is 0 Å². The fourth-order valence-electron chi connectivity index (χ4n) is 4.26. The van der Waals surface area contributed by atoms with Crippen LogP contribution in [0.5, 0.6) is 5.75 Å². The molecular weight excluding hydrogens is 442 g/mol. The molecule has 0 atom stereocenters. The number of aromatic nitrogens is 4. The number of amides is 1. The lowest BCUT2D eigenvalue weighted by atomic mass is 10.1. The van der Waals surface area contributed by atoms with E-state index >= 15 is 0 Å². The first kappa shape index (κ1) is 21.4. The van der Waals surface area contributed by atoms with Gasteiger partial charge in [-0.2, -0.15) is 10.1 Å². The van der Waals surface area contributed by atoms with Crippen LogP contribution in [0.3, 0.4) is 0 Å². The van der Waals surface area contributed by atoms with Crippen molar-refractivity contribution in [3.63, 3.8) is 0 Å². The second kappa shape index (κ2) is 9.25. The predicted octanol–water partition coefficient (Wildman–Crippen LogP) is 4.02. The fourth-order valence-corrected chi connectivity index (χ4v) is 4.26. The molecule has 1 amide bonds. The minimum absolute atomic E-state index is 0.00600. The summed E-state index contributed by atoms with van der Waals surface area (Å²) in [6, 6.07) is 16.0. The van der Waals surface area contributed by atoms with Crippen LogP contribution < -0.4 is 20.3 Å². The number of H-pyrrole nitrogens is 1. The Kier molecular flexibility index (Phi) is 5.65. The third-order valence-corrected chi connectivity index (χ3v) is 6.26. The number of benzene rings is 2. The van der Waals surface area contributed by atoms with Crippen molar-refractivity contribution >= 4 is 34.3 Å². The van der Waals surface area contributed by atoms with Crippen LogP contribution in [0.25, 0.3) is 22.2 Å². The lowest BCUT2D eigenvalue weighted by Gasteiger charge is -2.18. The minimum atomic E-state index is -0.0858. The van der Waals surface area contributed by atoms with Crippen LogP contribution in [0, 0.1) is 0 Å². The highest BCUT2D eigenvalue weighted by Crippen LogP contribution is 2.29. The van der Waals surface area contributed by atoms with E-state index in [0.29, 0.717) is 17.7 Å². The monoisotopic (exact) mass is 469 g/mol. The number of nitrogens with one attached hydrogen (secondary N) is 3. The zero-order chi connectivity index (χ0) is 23.6. The van der Waals surface area contributed by atoms with E-state index in [2.05, 4.69) is 25.7 Å². The number of carbonyl (C=O) groups excluding carboxylic acids is 1. The SMILES string of the molecule is O=C(COc1cccc(-c2cc(Nc3ccc4[nH]ncc4c3)nc(N3CCCC3)n2)c1)NC1CC1. The van der Waals surface area contributed by atoms with Gasteiger partial charge in [-0.15, -0.1) is 0 Å². The van der Waals surface area contributed by atoms with E-state index in [0.717, 1.165) is 72.4 Å². The summed E-state index contributed by atoms with van der Waals surface area (Å²) in [6.45, 7) is 1.90. The molecule has 4 aromatic rings. The normalized spacial score (nSPS) is 15.4. The molecule has 0 radical (unpaired) electrons. The van der Waals surface area contributed by atoms with Crippen molar-refractivity contribution in [2.24, 2.45) is 0 Å². The molecule has 2 aromatic heterocycles. The number of hydrogen-bond donors (Lipinski definition) is 3. The van der Waals surface area contributed by atoms with Gasteiger partial charge in [0.25, 0.3) is 5.91 Å². The molecular formula is C26H27N7O2. The Morgan fingerprint density at radius 1 is 1.09 bits per heavy atom. The molecule has 35 heavy (non-hydrogen) atoms. The fraction of sp³-hybridized carbons (Fsp3) is 0.308. The second-order valence-corrected chi connectivity index (χ2v) is 9.09. The molecule has 2 aliphatic rings. The van der Waals surface area contributed by atoms with E-state index < -0.39 is 0 Å². The number of ether oxygens (including phenoxy) is 1. The van der Waals surface area contributed by atoms with E-state index in [1.54, 1.807) is 6.20 Å². The van der Waals surface area contributed by atoms with Crippen molar-refractivity contribution in [2.45, 2.75) is 31.7 Å². The Morgan fingerprint density at radius 2 is 1.97 bits per heavy atom. The number of nitrogens with zero attached hydrogens (tertiary/aromatic N) is 4. The number of fused-ring (bicyclic) bond motifs is 1. The maximum Gasteiger partial charge on any atom is 0.258 e. The quantitative estimate of drug-likeness (QED) is 0.358. The van der Waals surface area contributed by atoms with Crippen molar-refractivity contribution in [1.29, 1.82) is 0 Å². The van der Waals surface area contributed by atoms with Gasteiger partial charge >= 0.3 is 0 Å². The van der Waals surface area contributed by atoms with Gasteiger partial charge < -0.3 is 20.3 Å². The first-order chi connectivity index (χ1) is 17.2.